The SMILES string of the molecule is N#Cc1c(N)nc(N2CCCCC2)c(C#N)c1-c1cccc(OB(O)O)c1. The molecule has 1 fully saturated rings. The molecule has 0 unspecified atom stereocenters. The minimum absolute atomic E-state index is 0.0561. The van der Waals surface area contributed by atoms with E-state index in [-0.39, 0.29) is 22.7 Å². The van der Waals surface area contributed by atoms with Crippen molar-refractivity contribution in [2.24, 2.45) is 0 Å². The average molecular weight is 363 g/mol. The van der Waals surface area contributed by atoms with E-state index in [0.29, 0.717) is 16.9 Å². The maximum Gasteiger partial charge on any atom is 0.707 e. The number of nitrogens with two attached hydrogens (primary N) is 1. The number of anilines is 2. The molecule has 2 aromatic rings. The number of piperidine rings is 1. The molecule has 0 bridgehead atoms. The van der Waals surface area contributed by atoms with Crippen LogP contribution in [0.2, 0.25) is 0 Å². The van der Waals surface area contributed by atoms with Crippen LogP contribution in [0.25, 0.3) is 11.1 Å². The van der Waals surface area contributed by atoms with Crippen molar-refractivity contribution in [3.63, 3.8) is 0 Å². The molecule has 136 valence electrons. The third kappa shape index (κ3) is 3.80. The summed E-state index contributed by atoms with van der Waals surface area (Å²) in [6.07, 6.45) is 3.12. The smallest absolute Gasteiger partial charge is 0.512 e. The van der Waals surface area contributed by atoms with Gasteiger partial charge in [0.1, 0.15) is 40.7 Å². The number of benzene rings is 1. The molecule has 2 heterocycles. The van der Waals surface area contributed by atoms with Crippen LogP contribution in [-0.2, 0) is 0 Å². The van der Waals surface area contributed by atoms with Crippen molar-refractivity contribution >= 4 is 19.0 Å². The summed E-state index contributed by atoms with van der Waals surface area (Å²) in [5, 5.41) is 37.5. The fourth-order valence-corrected chi connectivity index (χ4v) is 3.28. The number of pyridine rings is 1. The highest BCUT2D eigenvalue weighted by atomic mass is 16.6. The topological polar surface area (TPSA) is 139 Å². The fourth-order valence-electron chi connectivity index (χ4n) is 3.28. The first-order chi connectivity index (χ1) is 13.0. The fraction of sp³-hybridized carbons (Fsp3) is 0.278. The highest BCUT2D eigenvalue weighted by Gasteiger charge is 2.25. The van der Waals surface area contributed by atoms with Gasteiger partial charge in [0.2, 0.25) is 0 Å². The molecule has 0 saturated carbocycles. The molecule has 1 aliphatic rings. The molecule has 4 N–H and O–H groups in total. The second-order valence-electron chi connectivity index (χ2n) is 6.19. The number of nitriles is 2. The Bertz CT molecular complexity index is 930. The second kappa shape index (κ2) is 7.96. The lowest BCUT2D eigenvalue weighted by Crippen LogP contribution is -2.31. The van der Waals surface area contributed by atoms with Gasteiger partial charge in [-0.05, 0) is 37.0 Å². The lowest BCUT2D eigenvalue weighted by molar-refractivity contribution is 0.288. The Balaban J connectivity index is 2.20. The first-order valence-electron chi connectivity index (χ1n) is 8.57. The molecule has 0 aliphatic carbocycles. The number of hydrogen-bond acceptors (Lipinski definition) is 8. The van der Waals surface area contributed by atoms with Crippen LogP contribution in [0.5, 0.6) is 5.75 Å². The van der Waals surface area contributed by atoms with E-state index in [1.807, 2.05) is 11.0 Å². The lowest BCUT2D eigenvalue weighted by Gasteiger charge is -2.29. The summed E-state index contributed by atoms with van der Waals surface area (Å²) in [5.74, 6) is 0.711. The van der Waals surface area contributed by atoms with Crippen LogP contribution >= 0.6 is 0 Å². The van der Waals surface area contributed by atoms with Crippen LogP contribution in [0.1, 0.15) is 30.4 Å². The Kier molecular flexibility index (Phi) is 5.46. The van der Waals surface area contributed by atoms with Gasteiger partial charge in [-0.15, -0.1) is 0 Å². The molecule has 1 aliphatic heterocycles. The molecule has 0 radical (unpaired) electrons. The van der Waals surface area contributed by atoms with E-state index >= 15 is 0 Å². The number of nitrogens with zero attached hydrogens (tertiary/aromatic N) is 4. The molecule has 1 saturated heterocycles. The Morgan fingerprint density at radius 1 is 1.11 bits per heavy atom. The van der Waals surface area contributed by atoms with Crippen LogP contribution in [0.3, 0.4) is 0 Å². The Morgan fingerprint density at radius 2 is 1.81 bits per heavy atom. The van der Waals surface area contributed by atoms with Crippen molar-refractivity contribution in [1.29, 1.82) is 10.5 Å². The van der Waals surface area contributed by atoms with Gasteiger partial charge < -0.3 is 25.3 Å². The monoisotopic (exact) mass is 363 g/mol. The third-order valence-electron chi connectivity index (χ3n) is 4.45. The lowest BCUT2D eigenvalue weighted by atomic mass is 9.95. The quantitative estimate of drug-likeness (QED) is 0.693. The van der Waals surface area contributed by atoms with Gasteiger partial charge in [0.25, 0.3) is 0 Å². The van der Waals surface area contributed by atoms with Gasteiger partial charge in [-0.3, -0.25) is 0 Å². The summed E-state index contributed by atoms with van der Waals surface area (Å²) in [6.45, 7) is 1.54. The van der Waals surface area contributed by atoms with Crippen LogP contribution in [0.15, 0.2) is 24.3 Å². The Morgan fingerprint density at radius 3 is 2.44 bits per heavy atom. The van der Waals surface area contributed by atoms with Crippen LogP contribution in [-0.4, -0.2) is 35.4 Å². The molecular formula is C18H18BN5O3. The summed E-state index contributed by atoms with van der Waals surface area (Å²) in [7, 11) is -1.97. The minimum Gasteiger partial charge on any atom is -0.512 e. The summed E-state index contributed by atoms with van der Waals surface area (Å²) < 4.78 is 4.89. The van der Waals surface area contributed by atoms with Crippen LogP contribution in [0, 0.1) is 22.7 Å². The maximum absolute atomic E-state index is 9.84. The standard InChI is InChI=1S/C18H18BN5O3/c20-10-14-16(12-5-4-6-13(9-12)27-19(25)26)15(11-21)18(23-17(14)22)24-7-2-1-3-8-24/h4-6,9,25-26H,1-3,7-8H2,(H2,22,23). The van der Waals surface area contributed by atoms with Crippen LogP contribution in [0.4, 0.5) is 11.6 Å². The zero-order valence-electron chi connectivity index (χ0n) is 14.6. The molecular weight excluding hydrogens is 345 g/mol. The van der Waals surface area contributed by atoms with Gasteiger partial charge in [0.05, 0.1) is 0 Å². The van der Waals surface area contributed by atoms with Gasteiger partial charge >= 0.3 is 7.32 Å². The maximum atomic E-state index is 9.84. The van der Waals surface area contributed by atoms with Crippen molar-refractivity contribution in [3.05, 3.63) is 35.4 Å². The Labute approximate surface area is 157 Å². The van der Waals surface area contributed by atoms with E-state index in [0.717, 1.165) is 32.4 Å². The van der Waals surface area contributed by atoms with E-state index < -0.39 is 7.32 Å². The predicted molar refractivity (Wildman–Crippen MR) is 100 cm³/mol. The summed E-state index contributed by atoms with van der Waals surface area (Å²) in [5.41, 5.74) is 7.29. The normalized spacial score (nSPS) is 13.6. The first kappa shape index (κ1) is 18.5. The van der Waals surface area contributed by atoms with Gasteiger partial charge in [-0.2, -0.15) is 10.5 Å². The van der Waals surface area contributed by atoms with Crippen molar-refractivity contribution in [2.45, 2.75) is 19.3 Å². The van der Waals surface area contributed by atoms with E-state index in [1.165, 1.54) is 12.1 Å². The van der Waals surface area contributed by atoms with Crippen molar-refractivity contribution < 1.29 is 14.7 Å². The van der Waals surface area contributed by atoms with Crippen molar-refractivity contribution in [1.82, 2.24) is 4.98 Å². The van der Waals surface area contributed by atoms with E-state index in [9.17, 15) is 10.5 Å². The molecule has 1 aromatic carbocycles. The molecule has 8 nitrogen and oxygen atoms in total. The first-order valence-corrected chi connectivity index (χ1v) is 8.57. The summed E-state index contributed by atoms with van der Waals surface area (Å²) >= 11 is 0. The number of rotatable bonds is 4. The van der Waals surface area contributed by atoms with Crippen molar-refractivity contribution in [2.75, 3.05) is 23.7 Å². The molecule has 0 amide bonds. The molecule has 27 heavy (non-hydrogen) atoms. The number of aromatic nitrogens is 1. The van der Waals surface area contributed by atoms with Crippen LogP contribution < -0.4 is 15.3 Å². The largest absolute Gasteiger partial charge is 0.707 e. The van der Waals surface area contributed by atoms with Gasteiger partial charge in [0.15, 0.2) is 0 Å². The molecule has 9 heteroatoms. The number of hydrogen-bond donors (Lipinski definition) is 3. The molecule has 1 aromatic heterocycles. The van der Waals surface area contributed by atoms with Gasteiger partial charge in [-0.1, -0.05) is 12.1 Å². The predicted octanol–water partition coefficient (Wildman–Crippen LogP) is 1.41. The zero-order valence-corrected chi connectivity index (χ0v) is 14.6. The van der Waals surface area contributed by atoms with Crippen molar-refractivity contribution in [3.8, 4) is 29.0 Å². The summed E-state index contributed by atoms with van der Waals surface area (Å²) in [6, 6.07) is 10.6. The summed E-state index contributed by atoms with van der Waals surface area (Å²) in [4.78, 5) is 6.36. The number of nitrogen functional groups attached to an aromatic ring is 1. The minimum atomic E-state index is -1.97. The van der Waals surface area contributed by atoms with E-state index in [2.05, 4.69) is 11.1 Å². The van der Waals surface area contributed by atoms with E-state index in [1.54, 1.807) is 12.1 Å². The highest BCUT2D eigenvalue weighted by molar-refractivity contribution is 6.33. The van der Waals surface area contributed by atoms with Gasteiger partial charge in [-0.25, -0.2) is 4.98 Å². The van der Waals surface area contributed by atoms with Gasteiger partial charge in [0, 0.05) is 18.7 Å². The molecule has 0 atom stereocenters. The zero-order chi connectivity index (χ0) is 19.4. The second-order valence-corrected chi connectivity index (χ2v) is 6.19. The van der Waals surface area contributed by atoms with E-state index in [4.69, 9.17) is 20.4 Å². The third-order valence-corrected chi connectivity index (χ3v) is 4.45. The Hall–Kier alpha value is -3.27. The molecule has 0 spiro atoms. The average Bonchev–Trinajstić information content (AvgIpc) is 2.67. The molecule has 3 rings (SSSR count). The highest BCUT2D eigenvalue weighted by Crippen LogP contribution is 2.37.